The molecule has 0 fully saturated rings. The van der Waals surface area contributed by atoms with Crippen LogP contribution in [0.4, 0.5) is 5.69 Å². The number of methoxy groups -OCH3 is 1. The SMILES string of the molecule is COC(CC(C)(C)O)=NS(=O)(=O)c1cc2c(cc1Br)CCN2C(C)=O. The molecule has 1 aromatic carbocycles. The van der Waals surface area contributed by atoms with Crippen molar-refractivity contribution in [1.82, 2.24) is 0 Å². The highest BCUT2D eigenvalue weighted by Gasteiger charge is 2.28. The molecule has 1 aliphatic heterocycles. The number of rotatable bonds is 4. The standard InChI is InChI=1S/C16H21BrN2O5S/c1-10(20)19-6-5-11-7-12(17)14(8-13(11)19)25(22,23)18-15(24-4)9-16(2,3)21/h7-8,21H,5-6,9H2,1-4H3. The van der Waals surface area contributed by atoms with Crippen molar-refractivity contribution in [1.29, 1.82) is 0 Å². The summed E-state index contributed by atoms with van der Waals surface area (Å²) in [6, 6.07) is 3.15. The second kappa shape index (κ2) is 7.05. The number of fused-ring (bicyclic) bond motifs is 1. The smallest absolute Gasteiger partial charge is 0.286 e. The van der Waals surface area contributed by atoms with Gasteiger partial charge >= 0.3 is 0 Å². The van der Waals surface area contributed by atoms with Crippen molar-refractivity contribution in [3.05, 3.63) is 22.2 Å². The van der Waals surface area contributed by atoms with Crippen LogP contribution < -0.4 is 4.90 Å². The number of nitrogens with zero attached hydrogens (tertiary/aromatic N) is 2. The molecular weight excluding hydrogens is 412 g/mol. The number of carbonyl (C=O) groups excluding carboxylic acids is 1. The van der Waals surface area contributed by atoms with E-state index in [2.05, 4.69) is 20.3 Å². The molecule has 0 saturated carbocycles. The first-order valence-electron chi connectivity index (χ1n) is 7.65. The Morgan fingerprint density at radius 3 is 2.60 bits per heavy atom. The van der Waals surface area contributed by atoms with E-state index < -0.39 is 15.6 Å². The molecule has 0 bridgehead atoms. The molecule has 0 aliphatic carbocycles. The number of hydrogen-bond acceptors (Lipinski definition) is 5. The van der Waals surface area contributed by atoms with E-state index in [-0.39, 0.29) is 23.1 Å². The van der Waals surface area contributed by atoms with Crippen molar-refractivity contribution >= 4 is 43.4 Å². The Balaban J connectivity index is 2.50. The zero-order chi connectivity index (χ0) is 19.0. The van der Waals surface area contributed by atoms with Crippen molar-refractivity contribution in [2.75, 3.05) is 18.6 Å². The molecule has 2 rings (SSSR count). The third-order valence-electron chi connectivity index (χ3n) is 3.73. The first-order valence-corrected chi connectivity index (χ1v) is 9.88. The maximum absolute atomic E-state index is 12.7. The Morgan fingerprint density at radius 1 is 1.44 bits per heavy atom. The second-order valence-electron chi connectivity index (χ2n) is 6.49. The first-order chi connectivity index (χ1) is 11.4. The molecule has 1 aromatic rings. The van der Waals surface area contributed by atoms with E-state index in [1.807, 2.05) is 0 Å². The molecule has 0 radical (unpaired) electrons. The summed E-state index contributed by atoms with van der Waals surface area (Å²) in [6.07, 6.45) is 0.615. The van der Waals surface area contributed by atoms with Crippen LogP contribution in [-0.4, -0.2) is 44.6 Å². The van der Waals surface area contributed by atoms with Crippen LogP contribution in [0.25, 0.3) is 0 Å². The minimum absolute atomic E-state index is 0.0507. The summed E-state index contributed by atoms with van der Waals surface area (Å²) in [6.45, 7) is 5.02. The van der Waals surface area contributed by atoms with Gasteiger partial charge in [-0.1, -0.05) is 0 Å². The maximum Gasteiger partial charge on any atom is 0.286 e. The second-order valence-corrected chi connectivity index (χ2v) is 8.91. The van der Waals surface area contributed by atoms with Gasteiger partial charge in [0.1, 0.15) is 4.90 Å². The van der Waals surface area contributed by atoms with Gasteiger partial charge in [0, 0.05) is 23.6 Å². The molecule has 1 heterocycles. The van der Waals surface area contributed by atoms with Gasteiger partial charge in [-0.3, -0.25) is 4.79 Å². The Kier molecular flexibility index (Phi) is 5.60. The molecule has 7 nitrogen and oxygen atoms in total. The lowest BCUT2D eigenvalue weighted by Crippen LogP contribution is -2.26. The van der Waals surface area contributed by atoms with Crippen LogP contribution in [0.3, 0.4) is 0 Å². The van der Waals surface area contributed by atoms with Gasteiger partial charge in [-0.25, -0.2) is 0 Å². The number of anilines is 1. The van der Waals surface area contributed by atoms with Crippen LogP contribution >= 0.6 is 15.9 Å². The van der Waals surface area contributed by atoms with Gasteiger partial charge in [-0.15, -0.1) is 4.40 Å². The topological polar surface area (TPSA) is 96.3 Å². The third-order valence-corrected chi connectivity index (χ3v) is 5.98. The molecule has 0 atom stereocenters. The van der Waals surface area contributed by atoms with Crippen LogP contribution in [0.1, 0.15) is 32.8 Å². The Bertz CT molecular complexity index is 828. The molecule has 1 aliphatic rings. The largest absolute Gasteiger partial charge is 0.483 e. The molecule has 0 spiro atoms. The number of carbonyl (C=O) groups is 1. The zero-order valence-corrected chi connectivity index (χ0v) is 16.9. The zero-order valence-electron chi connectivity index (χ0n) is 14.5. The molecule has 138 valence electrons. The number of aliphatic hydroxyl groups is 1. The summed E-state index contributed by atoms with van der Waals surface area (Å²) in [5, 5.41) is 9.85. The van der Waals surface area contributed by atoms with Gasteiger partial charge in [-0.2, -0.15) is 8.42 Å². The number of hydrogen-bond donors (Lipinski definition) is 1. The fourth-order valence-electron chi connectivity index (χ4n) is 2.61. The van der Waals surface area contributed by atoms with E-state index in [0.29, 0.717) is 23.1 Å². The van der Waals surface area contributed by atoms with Crippen LogP contribution in [0.5, 0.6) is 0 Å². The van der Waals surface area contributed by atoms with Crippen LogP contribution in [0, 0.1) is 0 Å². The molecule has 0 unspecified atom stereocenters. The Hall–Kier alpha value is -1.45. The normalized spacial score (nSPS) is 15.3. The van der Waals surface area contributed by atoms with Gasteiger partial charge in [0.05, 0.1) is 19.1 Å². The predicted molar refractivity (Wildman–Crippen MR) is 98.4 cm³/mol. The van der Waals surface area contributed by atoms with Crippen LogP contribution in [0.2, 0.25) is 0 Å². The van der Waals surface area contributed by atoms with Gasteiger partial charge in [0.15, 0.2) is 0 Å². The van der Waals surface area contributed by atoms with E-state index in [0.717, 1.165) is 5.56 Å². The molecule has 0 saturated heterocycles. The summed E-state index contributed by atoms with van der Waals surface area (Å²) in [5.41, 5.74) is 0.310. The number of sulfonamides is 1. The van der Waals surface area contributed by atoms with Crippen molar-refractivity contribution in [3.63, 3.8) is 0 Å². The maximum atomic E-state index is 12.7. The lowest BCUT2D eigenvalue weighted by atomic mass is 10.1. The molecule has 1 N–H and O–H groups in total. The predicted octanol–water partition coefficient (Wildman–Crippen LogP) is 2.25. The highest BCUT2D eigenvalue weighted by Crippen LogP contribution is 2.36. The minimum atomic E-state index is -4.08. The minimum Gasteiger partial charge on any atom is -0.483 e. The fraction of sp³-hybridized carbons (Fsp3) is 0.500. The highest BCUT2D eigenvalue weighted by atomic mass is 79.9. The van der Waals surface area contributed by atoms with E-state index in [4.69, 9.17) is 4.74 Å². The number of amides is 1. The van der Waals surface area contributed by atoms with Crippen LogP contribution in [-0.2, 0) is 26.0 Å². The lowest BCUT2D eigenvalue weighted by Gasteiger charge is -2.18. The lowest BCUT2D eigenvalue weighted by molar-refractivity contribution is -0.116. The number of benzene rings is 1. The highest BCUT2D eigenvalue weighted by molar-refractivity contribution is 9.10. The quantitative estimate of drug-likeness (QED) is 0.581. The Morgan fingerprint density at radius 2 is 2.08 bits per heavy atom. The van der Waals surface area contributed by atoms with Crippen LogP contribution in [0.15, 0.2) is 25.9 Å². The summed E-state index contributed by atoms with van der Waals surface area (Å²) >= 11 is 3.27. The van der Waals surface area contributed by atoms with Crippen molar-refractivity contribution in [2.24, 2.45) is 4.40 Å². The molecule has 0 aromatic heterocycles. The third kappa shape index (κ3) is 4.59. The Labute approximate surface area is 155 Å². The molecule has 25 heavy (non-hydrogen) atoms. The average Bonchev–Trinajstić information content (AvgIpc) is 2.86. The fourth-order valence-corrected chi connectivity index (χ4v) is 4.68. The number of halogens is 1. The monoisotopic (exact) mass is 432 g/mol. The van der Waals surface area contributed by atoms with E-state index in [1.54, 1.807) is 11.0 Å². The molecule has 1 amide bonds. The summed E-state index contributed by atoms with van der Waals surface area (Å²) in [7, 11) is -2.78. The van der Waals surface area contributed by atoms with Gasteiger partial charge < -0.3 is 14.7 Å². The molecule has 9 heteroatoms. The summed E-state index contributed by atoms with van der Waals surface area (Å²) in [4.78, 5) is 13.2. The van der Waals surface area contributed by atoms with E-state index in [1.165, 1.54) is 33.9 Å². The first kappa shape index (κ1) is 19.9. The van der Waals surface area contributed by atoms with E-state index in [9.17, 15) is 18.3 Å². The average molecular weight is 433 g/mol. The van der Waals surface area contributed by atoms with Gasteiger partial charge in [0.25, 0.3) is 10.0 Å². The van der Waals surface area contributed by atoms with Gasteiger partial charge in [-0.05, 0) is 53.9 Å². The molecular formula is C16H21BrN2O5S. The van der Waals surface area contributed by atoms with Crippen molar-refractivity contribution < 1.29 is 23.1 Å². The van der Waals surface area contributed by atoms with Crippen molar-refractivity contribution in [2.45, 2.75) is 44.1 Å². The number of ether oxygens (including phenoxy) is 1. The summed E-state index contributed by atoms with van der Waals surface area (Å²) in [5.74, 6) is -0.240. The van der Waals surface area contributed by atoms with E-state index >= 15 is 0 Å². The summed E-state index contributed by atoms with van der Waals surface area (Å²) < 4.78 is 34.5. The van der Waals surface area contributed by atoms with Gasteiger partial charge in [0.2, 0.25) is 11.8 Å². The van der Waals surface area contributed by atoms with Crippen molar-refractivity contribution in [3.8, 4) is 0 Å².